The molecule has 1 aromatic heterocycles. The van der Waals surface area contributed by atoms with Crippen molar-refractivity contribution in [3.05, 3.63) is 82.0 Å². The summed E-state index contributed by atoms with van der Waals surface area (Å²) in [5.74, 6) is -0.990. The second-order valence-corrected chi connectivity index (χ2v) is 8.93. The number of pyridine rings is 1. The van der Waals surface area contributed by atoms with Crippen LogP contribution in [-0.4, -0.2) is 22.5 Å². The first-order valence-electron chi connectivity index (χ1n) is 9.85. The molecular weight excluding hydrogens is 449 g/mol. The van der Waals surface area contributed by atoms with E-state index >= 15 is 0 Å². The van der Waals surface area contributed by atoms with Gasteiger partial charge in [0.2, 0.25) is 0 Å². The fraction of sp³-hybridized carbons (Fsp3) is 0.208. The van der Waals surface area contributed by atoms with Crippen molar-refractivity contribution in [1.82, 2.24) is 4.98 Å². The number of ether oxygens (including phenoxy) is 1. The summed E-state index contributed by atoms with van der Waals surface area (Å²) in [5, 5.41) is 3.49. The van der Waals surface area contributed by atoms with Gasteiger partial charge in [0.15, 0.2) is 0 Å². The van der Waals surface area contributed by atoms with E-state index in [-0.39, 0.29) is 10.6 Å². The number of hydrogen-bond acceptors (Lipinski definition) is 5. The van der Waals surface area contributed by atoms with Crippen molar-refractivity contribution < 1.29 is 14.3 Å². The van der Waals surface area contributed by atoms with Crippen LogP contribution in [0.1, 0.15) is 42.7 Å². The maximum Gasteiger partial charge on any atom is 0.328 e. The normalized spacial score (nSPS) is 12.2. The smallest absolute Gasteiger partial charge is 0.328 e. The van der Waals surface area contributed by atoms with Crippen molar-refractivity contribution in [3.8, 4) is 11.3 Å². The van der Waals surface area contributed by atoms with Crippen molar-refractivity contribution in [3.63, 3.8) is 0 Å². The lowest BCUT2D eigenvalue weighted by molar-refractivity contribution is -0.156. The number of halogens is 2. The monoisotopic (exact) mass is 471 g/mol. The van der Waals surface area contributed by atoms with Gasteiger partial charge in [-0.2, -0.15) is 0 Å². The highest BCUT2D eigenvalue weighted by molar-refractivity contribution is 6.35. The fourth-order valence-corrected chi connectivity index (χ4v) is 3.42. The third-order valence-electron chi connectivity index (χ3n) is 4.42. The fourth-order valence-electron chi connectivity index (χ4n) is 2.93. The van der Waals surface area contributed by atoms with Gasteiger partial charge in [-0.15, -0.1) is 0 Å². The Morgan fingerprint density at radius 3 is 2.41 bits per heavy atom. The molecule has 1 atom stereocenters. The number of nitrogens with one attached hydrogen (secondary N) is 1. The van der Waals surface area contributed by atoms with Crippen molar-refractivity contribution in [2.45, 2.75) is 32.4 Å². The average molecular weight is 472 g/mol. The zero-order chi connectivity index (χ0) is 23.5. The number of nitrogens with two attached hydrogens (primary N) is 1. The Hall–Kier alpha value is -2.93. The van der Waals surface area contributed by atoms with Crippen LogP contribution < -0.4 is 11.1 Å². The first kappa shape index (κ1) is 23.7. The summed E-state index contributed by atoms with van der Waals surface area (Å²) in [7, 11) is 0. The van der Waals surface area contributed by atoms with E-state index in [2.05, 4.69) is 10.3 Å². The lowest BCUT2D eigenvalue weighted by Crippen LogP contribution is -2.31. The first-order valence-corrected chi connectivity index (χ1v) is 10.6. The topological polar surface area (TPSA) is 94.3 Å². The molecule has 0 bridgehead atoms. The van der Waals surface area contributed by atoms with Gasteiger partial charge in [-0.25, -0.2) is 4.79 Å². The van der Waals surface area contributed by atoms with Crippen LogP contribution in [0.4, 0.5) is 5.69 Å². The summed E-state index contributed by atoms with van der Waals surface area (Å²) >= 11 is 12.6. The van der Waals surface area contributed by atoms with Crippen LogP contribution in [0.3, 0.4) is 0 Å². The number of nitrogens with zero attached hydrogens (tertiary/aromatic N) is 1. The van der Waals surface area contributed by atoms with Crippen LogP contribution >= 0.6 is 23.2 Å². The summed E-state index contributed by atoms with van der Waals surface area (Å²) < 4.78 is 5.31. The molecule has 3 N–H and O–H groups in total. The molecule has 0 spiro atoms. The number of esters is 1. The van der Waals surface area contributed by atoms with Gasteiger partial charge >= 0.3 is 5.97 Å². The molecule has 0 saturated heterocycles. The number of carbonyl (C=O) groups is 2. The molecule has 166 valence electrons. The molecule has 0 aliphatic heterocycles. The molecule has 32 heavy (non-hydrogen) atoms. The molecule has 3 rings (SSSR count). The molecule has 1 heterocycles. The predicted octanol–water partition coefficient (Wildman–Crippen LogP) is 5.65. The summed E-state index contributed by atoms with van der Waals surface area (Å²) in [6.07, 6.45) is 1.67. The Labute approximate surface area is 196 Å². The highest BCUT2D eigenvalue weighted by Crippen LogP contribution is 2.30. The Kier molecular flexibility index (Phi) is 7.19. The minimum atomic E-state index is -1.01. The average Bonchev–Trinajstić information content (AvgIpc) is 2.73. The Bertz CT molecular complexity index is 1140. The van der Waals surface area contributed by atoms with Gasteiger partial charge in [-0.1, -0.05) is 35.3 Å². The number of anilines is 1. The second-order valence-electron chi connectivity index (χ2n) is 8.11. The minimum absolute atomic E-state index is 0.165. The van der Waals surface area contributed by atoms with Gasteiger partial charge in [0.1, 0.15) is 11.6 Å². The zero-order valence-electron chi connectivity index (χ0n) is 17.9. The largest absolute Gasteiger partial charge is 0.459 e. The third-order valence-corrected chi connectivity index (χ3v) is 5.06. The molecule has 0 fully saturated rings. The lowest BCUT2D eigenvalue weighted by Gasteiger charge is -2.22. The van der Waals surface area contributed by atoms with E-state index in [1.807, 2.05) is 18.2 Å². The summed E-state index contributed by atoms with van der Waals surface area (Å²) in [4.78, 5) is 29.3. The summed E-state index contributed by atoms with van der Waals surface area (Å²) in [6.45, 7) is 5.27. The van der Waals surface area contributed by atoms with Crippen molar-refractivity contribution in [2.75, 3.05) is 5.32 Å². The van der Waals surface area contributed by atoms with Crippen molar-refractivity contribution >= 4 is 40.8 Å². The molecule has 0 radical (unpaired) electrons. The number of amides is 1. The van der Waals surface area contributed by atoms with Crippen LogP contribution in [-0.2, 0) is 9.53 Å². The number of carbonyl (C=O) groups excluding carboxylic acids is 2. The zero-order valence-corrected chi connectivity index (χ0v) is 19.4. The maximum absolute atomic E-state index is 12.8. The molecule has 0 aliphatic carbocycles. The molecule has 1 amide bonds. The minimum Gasteiger partial charge on any atom is -0.459 e. The van der Waals surface area contributed by atoms with Crippen molar-refractivity contribution in [1.29, 1.82) is 0 Å². The van der Waals surface area contributed by atoms with Gasteiger partial charge in [0.05, 0.1) is 21.3 Å². The molecule has 1 unspecified atom stereocenters. The van der Waals surface area contributed by atoms with E-state index in [1.54, 1.807) is 51.2 Å². The summed E-state index contributed by atoms with van der Waals surface area (Å²) in [6, 6.07) is 14.2. The lowest BCUT2D eigenvalue weighted by atomic mass is 10.0. The van der Waals surface area contributed by atoms with E-state index in [9.17, 15) is 9.59 Å². The third kappa shape index (κ3) is 5.85. The number of rotatable bonds is 5. The SMILES string of the molecule is CC(C)(C)OC(=O)C(N)c1ccc(C(=O)Nc2ccc(Cl)c(-c3ccccn3)c2)c(Cl)c1. The van der Waals surface area contributed by atoms with Gasteiger partial charge in [0, 0.05) is 17.4 Å². The number of aromatic nitrogens is 1. The van der Waals surface area contributed by atoms with Crippen LogP contribution in [0.15, 0.2) is 60.8 Å². The van der Waals surface area contributed by atoms with E-state index in [4.69, 9.17) is 33.7 Å². The van der Waals surface area contributed by atoms with E-state index < -0.39 is 23.5 Å². The first-order chi connectivity index (χ1) is 15.0. The van der Waals surface area contributed by atoms with Crippen molar-refractivity contribution in [2.24, 2.45) is 5.73 Å². The van der Waals surface area contributed by atoms with Gasteiger partial charge in [0.25, 0.3) is 5.91 Å². The van der Waals surface area contributed by atoms with E-state index in [1.165, 1.54) is 12.1 Å². The predicted molar refractivity (Wildman–Crippen MR) is 127 cm³/mol. The molecule has 8 heteroatoms. The van der Waals surface area contributed by atoms with Crippen LogP contribution in [0, 0.1) is 0 Å². The highest BCUT2D eigenvalue weighted by Gasteiger charge is 2.24. The molecular formula is C24H23Cl2N3O3. The van der Waals surface area contributed by atoms with Gasteiger partial charge < -0.3 is 15.8 Å². The number of hydrogen-bond donors (Lipinski definition) is 2. The van der Waals surface area contributed by atoms with Gasteiger partial charge in [-0.05, 0) is 68.8 Å². The van der Waals surface area contributed by atoms with E-state index in [0.717, 1.165) is 0 Å². The molecule has 2 aromatic carbocycles. The quantitative estimate of drug-likeness (QED) is 0.468. The second kappa shape index (κ2) is 9.69. The van der Waals surface area contributed by atoms with Crippen LogP contribution in [0.25, 0.3) is 11.3 Å². The molecule has 0 aliphatic rings. The highest BCUT2D eigenvalue weighted by atomic mass is 35.5. The van der Waals surface area contributed by atoms with Crippen LogP contribution in [0.5, 0.6) is 0 Å². The Morgan fingerprint density at radius 1 is 1.03 bits per heavy atom. The number of benzene rings is 2. The molecule has 3 aromatic rings. The molecule has 0 saturated carbocycles. The molecule has 6 nitrogen and oxygen atoms in total. The van der Waals surface area contributed by atoms with Gasteiger partial charge in [-0.3, -0.25) is 9.78 Å². The maximum atomic E-state index is 12.8. The Balaban J connectivity index is 1.78. The Morgan fingerprint density at radius 2 is 1.78 bits per heavy atom. The van der Waals surface area contributed by atoms with E-state index in [0.29, 0.717) is 27.5 Å². The standard InChI is InChI=1S/C24H23Cl2N3O3/c1-24(2,3)32-23(31)21(27)14-7-9-16(19(26)12-14)22(30)29-15-8-10-18(25)17(13-15)20-6-4-5-11-28-20/h4-13,21H,27H2,1-3H3,(H,29,30). The summed E-state index contributed by atoms with van der Waals surface area (Å²) in [5.41, 5.74) is 7.93. The van der Waals surface area contributed by atoms with Crippen LogP contribution in [0.2, 0.25) is 10.0 Å².